The van der Waals surface area contributed by atoms with Gasteiger partial charge in [-0.2, -0.15) is 0 Å². The van der Waals surface area contributed by atoms with Crippen LogP contribution in [0.1, 0.15) is 89.3 Å². The predicted octanol–water partition coefficient (Wildman–Crippen LogP) is 2.29. The van der Waals surface area contributed by atoms with Crippen LogP contribution in [0.3, 0.4) is 0 Å². The van der Waals surface area contributed by atoms with E-state index >= 15 is 0 Å². The molecule has 3 fully saturated rings. The van der Waals surface area contributed by atoms with E-state index in [1.54, 1.807) is 0 Å². The van der Waals surface area contributed by atoms with Crippen LogP contribution in [-0.4, -0.2) is 55.9 Å². The quantitative estimate of drug-likeness (QED) is 0.766. The van der Waals surface area contributed by atoms with Crippen molar-refractivity contribution in [1.29, 1.82) is 0 Å². The molecule has 1 aliphatic heterocycles. The molecule has 2 heterocycles. The number of hydrogen-bond acceptors (Lipinski definition) is 5. The molecular formula is C22H35N5O3. The molecule has 2 N–H and O–H groups in total. The van der Waals surface area contributed by atoms with Crippen LogP contribution >= 0.6 is 0 Å². The smallest absolute Gasteiger partial charge is 0.245 e. The summed E-state index contributed by atoms with van der Waals surface area (Å²) in [6.07, 6.45) is 11.6. The average Bonchev–Trinajstić information content (AvgIpc) is 3.27. The fourth-order valence-electron chi connectivity index (χ4n) is 5.34. The van der Waals surface area contributed by atoms with Gasteiger partial charge in [0.2, 0.25) is 11.8 Å². The maximum atomic E-state index is 12.8. The highest BCUT2D eigenvalue weighted by Gasteiger charge is 2.36. The average molecular weight is 418 g/mol. The molecule has 0 radical (unpaired) electrons. The minimum absolute atomic E-state index is 0.0144. The number of aliphatic hydroxyl groups is 1. The number of likely N-dealkylation sites (N-methyl/N-ethyl adjacent to an activating group) is 1. The molecule has 1 aromatic rings. The highest BCUT2D eigenvalue weighted by atomic mass is 16.3. The predicted molar refractivity (Wildman–Crippen MR) is 111 cm³/mol. The highest BCUT2D eigenvalue weighted by Crippen LogP contribution is 2.37. The van der Waals surface area contributed by atoms with E-state index in [1.165, 1.54) is 6.42 Å². The van der Waals surface area contributed by atoms with Gasteiger partial charge >= 0.3 is 0 Å². The summed E-state index contributed by atoms with van der Waals surface area (Å²) < 4.78 is 1.89. The number of carbonyl (C=O) groups excluding carboxylic acids is 2. The Hall–Kier alpha value is -1.96. The number of aromatic nitrogens is 3. The Labute approximate surface area is 178 Å². The maximum absolute atomic E-state index is 12.8. The number of nitrogens with one attached hydrogen (secondary N) is 1. The summed E-state index contributed by atoms with van der Waals surface area (Å²) in [6.45, 7) is 3.47. The molecule has 2 amide bonds. The molecule has 0 spiro atoms. The van der Waals surface area contributed by atoms with Gasteiger partial charge in [-0.3, -0.25) is 9.59 Å². The van der Waals surface area contributed by atoms with Crippen LogP contribution in [0, 0.1) is 5.92 Å². The molecular weight excluding hydrogens is 382 g/mol. The van der Waals surface area contributed by atoms with Crippen molar-refractivity contribution in [2.24, 2.45) is 5.92 Å². The van der Waals surface area contributed by atoms with E-state index in [9.17, 15) is 14.7 Å². The highest BCUT2D eigenvalue weighted by molar-refractivity contribution is 5.89. The largest absolute Gasteiger partial charge is 0.383 e. The van der Waals surface area contributed by atoms with Crippen molar-refractivity contribution in [3.63, 3.8) is 0 Å². The molecule has 4 rings (SSSR count). The summed E-state index contributed by atoms with van der Waals surface area (Å²) in [5, 5.41) is 22.5. The van der Waals surface area contributed by atoms with Crippen molar-refractivity contribution in [2.75, 3.05) is 13.1 Å². The van der Waals surface area contributed by atoms with Gasteiger partial charge in [0.25, 0.3) is 0 Å². The molecule has 1 atom stereocenters. The maximum Gasteiger partial charge on any atom is 0.245 e. The molecule has 166 valence electrons. The summed E-state index contributed by atoms with van der Waals surface area (Å²) in [4.78, 5) is 27.0. The zero-order valence-corrected chi connectivity index (χ0v) is 18.1. The number of hydrogen-bond donors (Lipinski definition) is 2. The number of carbonyl (C=O) groups is 2. The van der Waals surface area contributed by atoms with Crippen LogP contribution in [0.4, 0.5) is 0 Å². The Morgan fingerprint density at radius 3 is 2.60 bits per heavy atom. The minimum atomic E-state index is -0.827. The van der Waals surface area contributed by atoms with Gasteiger partial charge in [0.15, 0.2) is 0 Å². The SMILES string of the molecule is CCN1CCCC(NC(=O)C2CCC(n3cc(C4(O)CCCCC4)nn3)CC2)C1=O. The van der Waals surface area contributed by atoms with Gasteiger partial charge in [-0.25, -0.2) is 4.68 Å². The Morgan fingerprint density at radius 2 is 1.90 bits per heavy atom. The fourth-order valence-corrected chi connectivity index (χ4v) is 5.34. The molecule has 8 nitrogen and oxygen atoms in total. The Balaban J connectivity index is 1.30. The molecule has 3 aliphatic rings. The van der Waals surface area contributed by atoms with Gasteiger partial charge < -0.3 is 15.3 Å². The van der Waals surface area contributed by atoms with Crippen LogP contribution in [0.15, 0.2) is 6.20 Å². The summed E-state index contributed by atoms with van der Waals surface area (Å²) in [6, 6.07) is -0.146. The first kappa shape index (κ1) is 21.3. The fraction of sp³-hybridized carbons (Fsp3) is 0.818. The van der Waals surface area contributed by atoms with Crippen molar-refractivity contribution >= 4 is 11.8 Å². The van der Waals surface area contributed by atoms with E-state index in [0.717, 1.165) is 70.8 Å². The second-order valence-corrected chi connectivity index (χ2v) is 9.30. The van der Waals surface area contributed by atoms with E-state index in [2.05, 4.69) is 15.6 Å². The summed E-state index contributed by atoms with van der Waals surface area (Å²) in [5.41, 5.74) is -0.134. The van der Waals surface area contributed by atoms with Gasteiger partial charge in [-0.15, -0.1) is 5.10 Å². The lowest BCUT2D eigenvalue weighted by molar-refractivity contribution is -0.139. The molecule has 1 aromatic heterocycles. The normalized spacial score (nSPS) is 29.6. The minimum Gasteiger partial charge on any atom is -0.383 e. The third-order valence-corrected chi connectivity index (χ3v) is 7.34. The zero-order chi connectivity index (χ0) is 21.1. The van der Waals surface area contributed by atoms with E-state index in [0.29, 0.717) is 12.2 Å². The third kappa shape index (κ3) is 4.38. The lowest BCUT2D eigenvalue weighted by Gasteiger charge is -2.33. The van der Waals surface area contributed by atoms with Crippen LogP contribution in [-0.2, 0) is 15.2 Å². The van der Waals surface area contributed by atoms with E-state index in [4.69, 9.17) is 0 Å². The van der Waals surface area contributed by atoms with Gasteiger partial charge in [-0.1, -0.05) is 24.5 Å². The number of nitrogens with zero attached hydrogens (tertiary/aromatic N) is 4. The lowest BCUT2D eigenvalue weighted by Crippen LogP contribution is -2.53. The monoisotopic (exact) mass is 417 g/mol. The van der Waals surface area contributed by atoms with Crippen LogP contribution < -0.4 is 5.32 Å². The van der Waals surface area contributed by atoms with Gasteiger partial charge in [-0.05, 0) is 58.3 Å². The van der Waals surface area contributed by atoms with Crippen LogP contribution in [0.5, 0.6) is 0 Å². The summed E-state index contributed by atoms with van der Waals surface area (Å²) in [7, 11) is 0. The Bertz CT molecular complexity index is 750. The standard InChI is InChI=1S/C22H35N5O3/c1-2-26-14-6-7-18(21(26)29)23-20(28)16-8-10-17(11-9-16)27-15-19(24-25-27)22(30)12-4-3-5-13-22/h15-18,30H,2-14H2,1H3,(H,23,28). The number of rotatable bonds is 5. The van der Waals surface area contributed by atoms with Gasteiger partial charge in [0.05, 0.1) is 12.2 Å². The number of piperidine rings is 1. The molecule has 0 bridgehead atoms. The third-order valence-electron chi connectivity index (χ3n) is 7.34. The van der Waals surface area contributed by atoms with Crippen molar-refractivity contribution in [2.45, 2.75) is 95.2 Å². The van der Waals surface area contributed by atoms with Gasteiger partial charge in [0.1, 0.15) is 17.3 Å². The van der Waals surface area contributed by atoms with Crippen LogP contribution in [0.2, 0.25) is 0 Å². The number of likely N-dealkylation sites (tertiary alicyclic amines) is 1. The summed E-state index contributed by atoms with van der Waals surface area (Å²) in [5.74, 6) is 0.0266. The molecule has 30 heavy (non-hydrogen) atoms. The lowest BCUT2D eigenvalue weighted by atomic mass is 9.82. The first-order valence-electron chi connectivity index (χ1n) is 11.7. The molecule has 2 aliphatic carbocycles. The van der Waals surface area contributed by atoms with Crippen molar-refractivity contribution < 1.29 is 14.7 Å². The topological polar surface area (TPSA) is 100 Å². The molecule has 0 aromatic carbocycles. The second kappa shape index (κ2) is 9.04. The first-order valence-corrected chi connectivity index (χ1v) is 11.7. The first-order chi connectivity index (χ1) is 14.5. The molecule has 2 saturated carbocycles. The number of amides is 2. The van der Waals surface area contributed by atoms with Crippen molar-refractivity contribution in [3.05, 3.63) is 11.9 Å². The Morgan fingerprint density at radius 1 is 1.17 bits per heavy atom. The molecule has 1 saturated heterocycles. The van der Waals surface area contributed by atoms with Crippen LogP contribution in [0.25, 0.3) is 0 Å². The zero-order valence-electron chi connectivity index (χ0n) is 18.1. The van der Waals surface area contributed by atoms with Gasteiger partial charge in [0, 0.05) is 19.0 Å². The summed E-state index contributed by atoms with van der Waals surface area (Å²) >= 11 is 0. The van der Waals surface area contributed by atoms with E-state index in [1.807, 2.05) is 22.7 Å². The Kier molecular flexibility index (Phi) is 6.41. The molecule has 8 heteroatoms. The van der Waals surface area contributed by atoms with E-state index < -0.39 is 5.60 Å². The second-order valence-electron chi connectivity index (χ2n) is 9.30. The molecule has 1 unspecified atom stereocenters. The van der Waals surface area contributed by atoms with Crippen molar-refractivity contribution in [1.82, 2.24) is 25.2 Å². The van der Waals surface area contributed by atoms with Crippen molar-refractivity contribution in [3.8, 4) is 0 Å². The van der Waals surface area contributed by atoms with E-state index in [-0.39, 0.29) is 29.8 Å².